The molecular weight excluding hydrogens is 363 g/mol. The van der Waals surface area contributed by atoms with Crippen LogP contribution in [0.3, 0.4) is 0 Å². The summed E-state index contributed by atoms with van der Waals surface area (Å²) in [6, 6.07) is 10.0. The zero-order chi connectivity index (χ0) is 19.1. The minimum absolute atomic E-state index is 0.0418. The second-order valence-corrected chi connectivity index (χ2v) is 8.26. The predicted octanol–water partition coefficient (Wildman–Crippen LogP) is 4.74. The fourth-order valence-corrected chi connectivity index (χ4v) is 3.77. The average molecular weight is 381 g/mol. The molecule has 3 nitrogen and oxygen atoms in total. The molecule has 26 heavy (non-hydrogen) atoms. The first-order valence-corrected chi connectivity index (χ1v) is 9.14. The van der Waals surface area contributed by atoms with E-state index < -0.39 is 28.5 Å². The van der Waals surface area contributed by atoms with Crippen molar-refractivity contribution in [1.29, 1.82) is 0 Å². The lowest BCUT2D eigenvalue weighted by Crippen LogP contribution is -2.17. The maximum Gasteiger partial charge on any atom is 0.416 e. The van der Waals surface area contributed by atoms with Crippen LogP contribution in [-0.4, -0.2) is 22.6 Å². The molecule has 2 aromatic carbocycles. The number of hydrogen-bond acceptors (Lipinski definition) is 3. The van der Waals surface area contributed by atoms with Crippen molar-refractivity contribution in [3.63, 3.8) is 0 Å². The lowest BCUT2D eigenvalue weighted by Gasteiger charge is -2.16. The molecule has 0 saturated heterocycles. The summed E-state index contributed by atoms with van der Waals surface area (Å²) in [5.41, 5.74) is -0.0296. The number of halogens is 3. The van der Waals surface area contributed by atoms with Crippen LogP contribution >= 0.6 is 0 Å². The minimum atomic E-state index is -4.53. The first kappa shape index (κ1) is 18.8. The van der Waals surface area contributed by atoms with Crippen molar-refractivity contribution < 1.29 is 22.5 Å². The van der Waals surface area contributed by atoms with Crippen LogP contribution in [0.1, 0.15) is 30.5 Å². The third-order valence-electron chi connectivity index (χ3n) is 3.94. The number of rotatable bonds is 3. The molecule has 1 unspecified atom stereocenters. The summed E-state index contributed by atoms with van der Waals surface area (Å²) in [5, 5.41) is 0. The van der Waals surface area contributed by atoms with Gasteiger partial charge < -0.3 is 9.29 Å². The molecule has 0 aromatic heterocycles. The largest absolute Gasteiger partial charge is 0.606 e. The minimum Gasteiger partial charge on any atom is -0.606 e. The highest BCUT2D eigenvalue weighted by Crippen LogP contribution is 2.35. The standard InChI is InChI=1S/C19H18F3NO2S/c1-12-4-7-14(8-5-12)26(24)16-10-13(19(20,21)22)6-9-15(16)17-23-18(2,3)11-25-17/h4-10H,11H2,1-3H3. The first-order chi connectivity index (χ1) is 12.1. The Labute approximate surface area is 153 Å². The van der Waals surface area contributed by atoms with Gasteiger partial charge in [0, 0.05) is 17.2 Å². The monoisotopic (exact) mass is 381 g/mol. The molecule has 0 aliphatic carbocycles. The zero-order valence-electron chi connectivity index (χ0n) is 14.6. The number of hydrogen-bond donors (Lipinski definition) is 0. The smallest absolute Gasteiger partial charge is 0.416 e. The van der Waals surface area contributed by atoms with Gasteiger partial charge in [-0.15, -0.1) is 0 Å². The van der Waals surface area contributed by atoms with Gasteiger partial charge in [-0.25, -0.2) is 4.99 Å². The lowest BCUT2D eigenvalue weighted by atomic mass is 10.1. The van der Waals surface area contributed by atoms with Gasteiger partial charge in [0.1, 0.15) is 6.61 Å². The van der Waals surface area contributed by atoms with E-state index in [1.807, 2.05) is 20.8 Å². The summed E-state index contributed by atoms with van der Waals surface area (Å²) >= 11 is -1.79. The van der Waals surface area contributed by atoms with Crippen LogP contribution in [0.4, 0.5) is 13.2 Å². The highest BCUT2D eigenvalue weighted by atomic mass is 32.2. The Morgan fingerprint density at radius 1 is 1.12 bits per heavy atom. The summed E-state index contributed by atoms with van der Waals surface area (Å²) in [4.78, 5) is 4.88. The number of ether oxygens (including phenoxy) is 1. The molecule has 138 valence electrons. The molecule has 1 heterocycles. The van der Waals surface area contributed by atoms with E-state index in [-0.39, 0.29) is 10.8 Å². The van der Waals surface area contributed by atoms with Crippen LogP contribution in [0.5, 0.6) is 0 Å². The van der Waals surface area contributed by atoms with E-state index in [1.54, 1.807) is 24.3 Å². The molecule has 0 fully saturated rings. The second-order valence-electron chi connectivity index (χ2n) is 6.81. The molecule has 0 radical (unpaired) electrons. The number of aliphatic imine (C=N–C) groups is 1. The third kappa shape index (κ3) is 3.88. The molecular formula is C19H18F3NO2S. The van der Waals surface area contributed by atoms with Crippen LogP contribution < -0.4 is 0 Å². The quantitative estimate of drug-likeness (QED) is 0.721. The number of nitrogens with zero attached hydrogens (tertiary/aromatic N) is 1. The molecule has 0 bridgehead atoms. The fraction of sp³-hybridized carbons (Fsp3) is 0.316. The zero-order valence-corrected chi connectivity index (χ0v) is 15.4. The van der Waals surface area contributed by atoms with Crippen molar-refractivity contribution in [1.82, 2.24) is 0 Å². The summed E-state index contributed by atoms with van der Waals surface area (Å²) in [6.07, 6.45) is -4.53. The number of aryl methyl sites for hydroxylation is 1. The molecule has 1 aliphatic rings. The number of benzene rings is 2. The molecule has 1 atom stereocenters. The van der Waals surface area contributed by atoms with Gasteiger partial charge in [0.15, 0.2) is 9.79 Å². The highest BCUT2D eigenvalue weighted by molar-refractivity contribution is 7.91. The van der Waals surface area contributed by atoms with Gasteiger partial charge in [-0.2, -0.15) is 13.2 Å². The molecule has 7 heteroatoms. The molecule has 0 saturated carbocycles. The summed E-state index contributed by atoms with van der Waals surface area (Å²) < 4.78 is 58.0. The van der Waals surface area contributed by atoms with E-state index in [4.69, 9.17) is 4.74 Å². The van der Waals surface area contributed by atoms with E-state index in [9.17, 15) is 17.7 Å². The lowest BCUT2D eigenvalue weighted by molar-refractivity contribution is -0.137. The Bertz CT molecular complexity index is 845. The van der Waals surface area contributed by atoms with Crippen molar-refractivity contribution in [3.05, 3.63) is 59.2 Å². The van der Waals surface area contributed by atoms with Crippen molar-refractivity contribution in [2.45, 2.75) is 42.3 Å². The Hall–Kier alpha value is -1.99. The summed E-state index contributed by atoms with van der Waals surface area (Å²) in [7, 11) is 0. The summed E-state index contributed by atoms with van der Waals surface area (Å²) in [6.45, 7) is 5.92. The third-order valence-corrected chi connectivity index (χ3v) is 5.38. The van der Waals surface area contributed by atoms with Crippen LogP contribution in [0.25, 0.3) is 0 Å². The van der Waals surface area contributed by atoms with Gasteiger partial charge in [-0.1, -0.05) is 17.7 Å². The van der Waals surface area contributed by atoms with Gasteiger partial charge in [-0.05, 0) is 45.0 Å². The van der Waals surface area contributed by atoms with Gasteiger partial charge in [0.25, 0.3) is 0 Å². The normalized spacial score (nSPS) is 17.6. The molecule has 0 spiro atoms. The predicted molar refractivity (Wildman–Crippen MR) is 93.9 cm³/mol. The Balaban J connectivity index is 2.12. The van der Waals surface area contributed by atoms with Crippen molar-refractivity contribution >= 4 is 17.1 Å². The van der Waals surface area contributed by atoms with E-state index in [1.165, 1.54) is 6.07 Å². The molecule has 2 aromatic rings. The van der Waals surface area contributed by atoms with Crippen LogP contribution in [0, 0.1) is 6.92 Å². The van der Waals surface area contributed by atoms with Crippen LogP contribution in [0.2, 0.25) is 0 Å². The van der Waals surface area contributed by atoms with Crippen molar-refractivity contribution in [2.75, 3.05) is 6.61 Å². The van der Waals surface area contributed by atoms with E-state index in [0.29, 0.717) is 17.1 Å². The van der Waals surface area contributed by atoms with Crippen molar-refractivity contribution in [2.24, 2.45) is 4.99 Å². The van der Waals surface area contributed by atoms with Gasteiger partial charge in [0.05, 0.1) is 16.7 Å². The Morgan fingerprint density at radius 2 is 1.77 bits per heavy atom. The Morgan fingerprint density at radius 3 is 2.31 bits per heavy atom. The second kappa shape index (κ2) is 6.63. The fourth-order valence-electron chi connectivity index (χ4n) is 2.54. The van der Waals surface area contributed by atoms with Crippen molar-refractivity contribution in [3.8, 4) is 0 Å². The maximum atomic E-state index is 13.2. The van der Waals surface area contributed by atoms with Gasteiger partial charge >= 0.3 is 6.18 Å². The van der Waals surface area contributed by atoms with Gasteiger partial charge in [-0.3, -0.25) is 0 Å². The number of alkyl halides is 3. The van der Waals surface area contributed by atoms with Crippen LogP contribution in [0.15, 0.2) is 57.2 Å². The Kier molecular flexibility index (Phi) is 4.79. The van der Waals surface area contributed by atoms with Crippen LogP contribution in [-0.2, 0) is 22.1 Å². The maximum absolute atomic E-state index is 13.2. The van der Waals surface area contributed by atoms with E-state index in [2.05, 4.69) is 4.99 Å². The average Bonchev–Trinajstić information content (AvgIpc) is 2.93. The SMILES string of the molecule is Cc1ccc([S+]([O-])c2cc(C(F)(F)F)ccc2C2=NC(C)(C)CO2)cc1. The molecule has 0 N–H and O–H groups in total. The van der Waals surface area contributed by atoms with Gasteiger partial charge in [0.2, 0.25) is 5.90 Å². The molecule has 1 aliphatic heterocycles. The van der Waals surface area contributed by atoms with E-state index in [0.717, 1.165) is 17.7 Å². The summed E-state index contributed by atoms with van der Waals surface area (Å²) in [5.74, 6) is 0.221. The topological polar surface area (TPSA) is 44.7 Å². The van der Waals surface area contributed by atoms with E-state index >= 15 is 0 Å². The molecule has 0 amide bonds. The first-order valence-electron chi connectivity index (χ1n) is 7.99. The highest BCUT2D eigenvalue weighted by Gasteiger charge is 2.36. The molecule has 3 rings (SSSR count).